The first-order valence-corrected chi connectivity index (χ1v) is 7.58. The zero-order valence-electron chi connectivity index (χ0n) is 14.3. The van der Waals surface area contributed by atoms with E-state index in [0.717, 1.165) is 30.8 Å². The van der Waals surface area contributed by atoms with Crippen LogP contribution in [-0.2, 0) is 6.54 Å². The summed E-state index contributed by atoms with van der Waals surface area (Å²) < 4.78 is 13.5. The number of halogens is 1. The Morgan fingerprint density at radius 3 is 2.33 bits per heavy atom. The molecular weight excluding hydrogens is 265 g/mol. The van der Waals surface area contributed by atoms with Crippen LogP contribution < -0.4 is 10.2 Å². The van der Waals surface area contributed by atoms with E-state index in [0.29, 0.717) is 6.54 Å². The van der Waals surface area contributed by atoms with Gasteiger partial charge in [0.05, 0.1) is 0 Å². The first kappa shape index (κ1) is 17.9. The molecule has 0 unspecified atom stereocenters. The van der Waals surface area contributed by atoms with Crippen molar-refractivity contribution in [1.82, 2.24) is 10.2 Å². The second-order valence-electron chi connectivity index (χ2n) is 6.95. The van der Waals surface area contributed by atoms with Crippen LogP contribution in [0.15, 0.2) is 18.2 Å². The third kappa shape index (κ3) is 6.91. The number of rotatable bonds is 7. The summed E-state index contributed by atoms with van der Waals surface area (Å²) in [6.45, 7) is 9.05. The molecule has 0 bridgehead atoms. The summed E-state index contributed by atoms with van der Waals surface area (Å²) in [4.78, 5) is 4.39. The molecule has 1 rings (SSSR count). The number of benzene rings is 1. The van der Waals surface area contributed by atoms with Gasteiger partial charge in [0.25, 0.3) is 0 Å². The summed E-state index contributed by atoms with van der Waals surface area (Å²) in [6, 6.07) is 5.06. The molecule has 1 aromatic carbocycles. The van der Waals surface area contributed by atoms with E-state index < -0.39 is 0 Å². The second kappa shape index (κ2) is 7.76. The lowest BCUT2D eigenvalue weighted by Crippen LogP contribution is -2.35. The van der Waals surface area contributed by atoms with E-state index in [9.17, 15) is 4.39 Å². The van der Waals surface area contributed by atoms with Crippen molar-refractivity contribution in [3.63, 3.8) is 0 Å². The van der Waals surface area contributed by atoms with Gasteiger partial charge in [-0.05, 0) is 71.6 Å². The van der Waals surface area contributed by atoms with Gasteiger partial charge in [-0.2, -0.15) is 0 Å². The van der Waals surface area contributed by atoms with Gasteiger partial charge in [0.15, 0.2) is 0 Å². The van der Waals surface area contributed by atoms with Gasteiger partial charge in [0.1, 0.15) is 5.82 Å². The lowest BCUT2D eigenvalue weighted by Gasteiger charge is -2.26. The fourth-order valence-corrected chi connectivity index (χ4v) is 2.17. The molecule has 21 heavy (non-hydrogen) atoms. The first-order chi connectivity index (χ1) is 9.69. The molecule has 1 N–H and O–H groups in total. The Balaban J connectivity index is 2.75. The summed E-state index contributed by atoms with van der Waals surface area (Å²) in [5, 5.41) is 3.43. The zero-order chi connectivity index (χ0) is 16.0. The molecule has 0 amide bonds. The van der Waals surface area contributed by atoms with Gasteiger partial charge in [-0.25, -0.2) is 4.39 Å². The van der Waals surface area contributed by atoms with Crippen LogP contribution in [0.1, 0.15) is 32.8 Å². The van der Waals surface area contributed by atoms with Crippen molar-refractivity contribution in [2.45, 2.75) is 39.3 Å². The molecule has 0 aromatic heterocycles. The van der Waals surface area contributed by atoms with Crippen LogP contribution in [-0.4, -0.2) is 44.7 Å². The Hall–Kier alpha value is -1.13. The molecule has 0 atom stereocenters. The molecule has 0 aliphatic heterocycles. The van der Waals surface area contributed by atoms with Crippen LogP contribution >= 0.6 is 0 Å². The Labute approximate surface area is 129 Å². The first-order valence-electron chi connectivity index (χ1n) is 7.58. The number of anilines is 1. The number of hydrogen-bond donors (Lipinski definition) is 1. The maximum absolute atomic E-state index is 13.5. The Bertz CT molecular complexity index is 438. The molecule has 1 aromatic rings. The molecule has 0 radical (unpaired) electrons. The van der Waals surface area contributed by atoms with E-state index in [1.807, 2.05) is 6.07 Å². The second-order valence-corrected chi connectivity index (χ2v) is 6.95. The smallest absolute Gasteiger partial charge is 0.123 e. The Morgan fingerprint density at radius 2 is 1.76 bits per heavy atom. The van der Waals surface area contributed by atoms with Crippen LogP contribution in [0.5, 0.6) is 0 Å². The molecular formula is C17H30FN3. The fraction of sp³-hybridized carbons (Fsp3) is 0.647. The van der Waals surface area contributed by atoms with E-state index in [4.69, 9.17) is 0 Å². The molecule has 0 spiro atoms. The van der Waals surface area contributed by atoms with Gasteiger partial charge in [-0.15, -0.1) is 0 Å². The molecule has 120 valence electrons. The minimum Gasteiger partial charge on any atom is -0.374 e. The highest BCUT2D eigenvalue weighted by molar-refractivity contribution is 5.53. The van der Waals surface area contributed by atoms with E-state index in [1.54, 1.807) is 12.1 Å². The highest BCUT2D eigenvalue weighted by Crippen LogP contribution is 2.21. The van der Waals surface area contributed by atoms with Crippen molar-refractivity contribution in [3.05, 3.63) is 29.6 Å². The maximum Gasteiger partial charge on any atom is 0.123 e. The van der Waals surface area contributed by atoms with Gasteiger partial charge in [-0.3, -0.25) is 0 Å². The largest absolute Gasteiger partial charge is 0.374 e. The van der Waals surface area contributed by atoms with Crippen LogP contribution in [0.4, 0.5) is 10.1 Å². The van der Waals surface area contributed by atoms with Crippen LogP contribution in [0.2, 0.25) is 0 Å². The van der Waals surface area contributed by atoms with Gasteiger partial charge in [0, 0.05) is 31.4 Å². The highest BCUT2D eigenvalue weighted by atomic mass is 19.1. The van der Waals surface area contributed by atoms with Crippen molar-refractivity contribution < 1.29 is 4.39 Å². The van der Waals surface area contributed by atoms with E-state index in [1.165, 1.54) is 0 Å². The molecule has 4 heteroatoms. The van der Waals surface area contributed by atoms with Gasteiger partial charge < -0.3 is 15.1 Å². The zero-order valence-corrected chi connectivity index (χ0v) is 14.3. The van der Waals surface area contributed by atoms with Crippen LogP contribution in [0.25, 0.3) is 0 Å². The lowest BCUT2D eigenvalue weighted by molar-refractivity contribution is 0.401. The average molecular weight is 295 g/mol. The predicted molar refractivity (Wildman–Crippen MR) is 89.4 cm³/mol. The Morgan fingerprint density at radius 1 is 1.10 bits per heavy atom. The van der Waals surface area contributed by atoms with E-state index >= 15 is 0 Å². The lowest BCUT2D eigenvalue weighted by atomic mass is 10.1. The third-order valence-electron chi connectivity index (χ3n) is 3.36. The maximum atomic E-state index is 13.5. The topological polar surface area (TPSA) is 18.5 Å². The van der Waals surface area contributed by atoms with E-state index in [2.05, 4.69) is 57.0 Å². The SMILES string of the molecule is CN(C)CCCN(C)c1ccc(F)cc1CNC(C)(C)C. The summed E-state index contributed by atoms with van der Waals surface area (Å²) in [6.07, 6.45) is 1.09. The quantitative estimate of drug-likeness (QED) is 0.834. The summed E-state index contributed by atoms with van der Waals surface area (Å²) in [5.74, 6) is -0.175. The molecule has 0 aliphatic carbocycles. The summed E-state index contributed by atoms with van der Waals surface area (Å²) in [7, 11) is 6.23. The van der Waals surface area contributed by atoms with E-state index in [-0.39, 0.29) is 11.4 Å². The Kier molecular flexibility index (Phi) is 6.62. The molecule has 0 heterocycles. The van der Waals surface area contributed by atoms with Crippen molar-refractivity contribution in [2.75, 3.05) is 39.1 Å². The predicted octanol–water partition coefficient (Wildman–Crippen LogP) is 3.10. The van der Waals surface area contributed by atoms with Crippen molar-refractivity contribution in [1.29, 1.82) is 0 Å². The molecule has 0 fully saturated rings. The number of nitrogens with zero attached hydrogens (tertiary/aromatic N) is 2. The average Bonchev–Trinajstić information content (AvgIpc) is 2.35. The summed E-state index contributed by atoms with van der Waals surface area (Å²) >= 11 is 0. The fourth-order valence-electron chi connectivity index (χ4n) is 2.17. The summed E-state index contributed by atoms with van der Waals surface area (Å²) in [5.41, 5.74) is 2.14. The molecule has 0 saturated heterocycles. The standard InChI is InChI=1S/C17H30FN3/c1-17(2,3)19-13-14-12-15(18)8-9-16(14)21(6)11-7-10-20(4)5/h8-9,12,19H,7,10-11,13H2,1-6H3. The van der Waals surface area contributed by atoms with Gasteiger partial charge in [0.2, 0.25) is 0 Å². The number of hydrogen-bond acceptors (Lipinski definition) is 3. The molecule has 3 nitrogen and oxygen atoms in total. The van der Waals surface area contributed by atoms with Gasteiger partial charge in [-0.1, -0.05) is 0 Å². The van der Waals surface area contributed by atoms with Crippen molar-refractivity contribution in [2.24, 2.45) is 0 Å². The van der Waals surface area contributed by atoms with Crippen molar-refractivity contribution >= 4 is 5.69 Å². The minimum atomic E-state index is -0.175. The monoisotopic (exact) mass is 295 g/mol. The normalized spacial score (nSPS) is 12.0. The molecule has 0 saturated carbocycles. The minimum absolute atomic E-state index is 0.0209. The van der Waals surface area contributed by atoms with Gasteiger partial charge >= 0.3 is 0 Å². The molecule has 0 aliphatic rings. The number of nitrogens with one attached hydrogen (secondary N) is 1. The van der Waals surface area contributed by atoms with Crippen molar-refractivity contribution in [3.8, 4) is 0 Å². The highest BCUT2D eigenvalue weighted by Gasteiger charge is 2.13. The van der Waals surface area contributed by atoms with Crippen LogP contribution in [0, 0.1) is 5.82 Å². The van der Waals surface area contributed by atoms with Crippen LogP contribution in [0.3, 0.4) is 0 Å². The third-order valence-corrected chi connectivity index (χ3v) is 3.36.